The van der Waals surface area contributed by atoms with Crippen molar-refractivity contribution >= 4 is 22.8 Å². The number of pyridine rings is 1. The van der Waals surface area contributed by atoms with Crippen LogP contribution in [-0.4, -0.2) is 35.7 Å². The lowest BCUT2D eigenvalue weighted by atomic mass is 9.97. The number of aromatic nitrogens is 1. The molecule has 0 aliphatic heterocycles. The Morgan fingerprint density at radius 2 is 1.87 bits per heavy atom. The maximum Gasteiger partial charge on any atom is 0.341 e. The van der Waals surface area contributed by atoms with Crippen molar-refractivity contribution in [1.82, 2.24) is 4.98 Å². The first-order chi connectivity index (χ1) is 14.4. The number of carbonyl (C=O) groups excluding carboxylic acids is 2. The van der Waals surface area contributed by atoms with E-state index in [0.29, 0.717) is 23.8 Å². The van der Waals surface area contributed by atoms with E-state index in [4.69, 9.17) is 9.47 Å². The van der Waals surface area contributed by atoms with Crippen molar-refractivity contribution in [3.63, 3.8) is 0 Å². The summed E-state index contributed by atoms with van der Waals surface area (Å²) in [5, 5.41) is 11.2. The standard InChI is InChI=1S/C23H22FNO5/c1-3-30-23(28)19-12-16(6-9-20(26)29-2)18-11-15(13-25-21(18)22(19)27)10-14-4-7-17(24)8-5-14/h4-5,7-8,11-13,27H,3,6,9-10H2,1-2H3. The molecule has 0 fully saturated rings. The van der Waals surface area contributed by atoms with Gasteiger partial charge in [-0.25, -0.2) is 9.18 Å². The van der Waals surface area contributed by atoms with Gasteiger partial charge in [0.05, 0.1) is 13.7 Å². The van der Waals surface area contributed by atoms with Gasteiger partial charge in [0.15, 0.2) is 5.75 Å². The van der Waals surface area contributed by atoms with Crippen molar-refractivity contribution in [2.45, 2.75) is 26.2 Å². The number of ether oxygens (including phenoxy) is 2. The number of fused-ring (bicyclic) bond motifs is 1. The molecule has 0 atom stereocenters. The van der Waals surface area contributed by atoms with Crippen LogP contribution < -0.4 is 0 Å². The lowest BCUT2D eigenvalue weighted by molar-refractivity contribution is -0.140. The Morgan fingerprint density at radius 3 is 2.53 bits per heavy atom. The molecule has 0 bridgehead atoms. The van der Waals surface area contributed by atoms with Gasteiger partial charge < -0.3 is 14.6 Å². The molecule has 0 radical (unpaired) electrons. The molecule has 6 nitrogen and oxygen atoms in total. The third kappa shape index (κ3) is 4.74. The summed E-state index contributed by atoms with van der Waals surface area (Å²) < 4.78 is 22.9. The number of aryl methyl sites for hydroxylation is 1. The van der Waals surface area contributed by atoms with Gasteiger partial charge in [0, 0.05) is 18.0 Å². The van der Waals surface area contributed by atoms with Gasteiger partial charge in [-0.15, -0.1) is 0 Å². The van der Waals surface area contributed by atoms with Crippen molar-refractivity contribution in [1.29, 1.82) is 0 Å². The Hall–Kier alpha value is -3.48. The number of hydrogen-bond donors (Lipinski definition) is 1. The van der Waals surface area contributed by atoms with Crippen molar-refractivity contribution in [3.05, 3.63) is 70.7 Å². The van der Waals surface area contributed by atoms with Gasteiger partial charge in [0.2, 0.25) is 0 Å². The summed E-state index contributed by atoms with van der Waals surface area (Å²) in [6, 6.07) is 9.55. The highest BCUT2D eigenvalue weighted by molar-refractivity contribution is 6.01. The summed E-state index contributed by atoms with van der Waals surface area (Å²) in [7, 11) is 1.31. The van der Waals surface area contributed by atoms with Crippen molar-refractivity contribution in [3.8, 4) is 5.75 Å². The first-order valence-corrected chi connectivity index (χ1v) is 9.54. The second-order valence-electron chi connectivity index (χ2n) is 6.77. The highest BCUT2D eigenvalue weighted by Crippen LogP contribution is 2.32. The lowest BCUT2D eigenvalue weighted by Crippen LogP contribution is -2.08. The second-order valence-corrected chi connectivity index (χ2v) is 6.77. The summed E-state index contributed by atoms with van der Waals surface area (Å²) in [6.07, 6.45) is 2.53. The molecule has 1 N–H and O–H groups in total. The molecule has 0 saturated heterocycles. The maximum absolute atomic E-state index is 13.2. The van der Waals surface area contributed by atoms with Crippen LogP contribution in [0.5, 0.6) is 5.75 Å². The Kier molecular flexibility index (Phi) is 6.61. The molecule has 0 saturated carbocycles. The molecule has 1 aromatic heterocycles. The number of halogens is 1. The Bertz CT molecular complexity index is 1080. The van der Waals surface area contributed by atoms with Crippen molar-refractivity contribution in [2.24, 2.45) is 0 Å². The van der Waals surface area contributed by atoms with Crippen LogP contribution in [0, 0.1) is 5.82 Å². The minimum atomic E-state index is -0.659. The number of carbonyl (C=O) groups is 2. The zero-order valence-corrected chi connectivity index (χ0v) is 16.8. The van der Waals surface area contributed by atoms with Crippen LogP contribution in [0.1, 0.15) is 40.4 Å². The number of phenolic OH excluding ortho intramolecular Hbond substituents is 1. The molecule has 1 heterocycles. The number of hydrogen-bond acceptors (Lipinski definition) is 6. The van der Waals surface area contributed by atoms with E-state index < -0.39 is 5.97 Å². The topological polar surface area (TPSA) is 85.7 Å². The van der Waals surface area contributed by atoms with Gasteiger partial charge in [-0.05, 0) is 60.7 Å². The summed E-state index contributed by atoms with van der Waals surface area (Å²) >= 11 is 0. The molecule has 7 heteroatoms. The molecule has 3 rings (SSSR count). The second kappa shape index (κ2) is 9.35. The average Bonchev–Trinajstić information content (AvgIpc) is 2.74. The molecule has 2 aromatic carbocycles. The fourth-order valence-corrected chi connectivity index (χ4v) is 3.23. The third-order valence-electron chi connectivity index (χ3n) is 4.73. The molecule has 156 valence electrons. The molecule has 0 aliphatic carbocycles. The number of nitrogens with zero attached hydrogens (tertiary/aromatic N) is 1. The molecule has 0 spiro atoms. The highest BCUT2D eigenvalue weighted by Gasteiger charge is 2.20. The summed E-state index contributed by atoms with van der Waals surface area (Å²) in [5.41, 5.74) is 2.67. The smallest absolute Gasteiger partial charge is 0.341 e. The monoisotopic (exact) mass is 411 g/mol. The van der Waals surface area contributed by atoms with E-state index in [0.717, 1.165) is 11.1 Å². The van der Waals surface area contributed by atoms with E-state index >= 15 is 0 Å². The summed E-state index contributed by atoms with van der Waals surface area (Å²) in [6.45, 7) is 1.84. The Morgan fingerprint density at radius 1 is 1.13 bits per heavy atom. The average molecular weight is 411 g/mol. The van der Waals surface area contributed by atoms with Crippen LogP contribution in [0.25, 0.3) is 10.9 Å². The van der Waals surface area contributed by atoms with E-state index in [1.165, 1.54) is 25.3 Å². The molecule has 30 heavy (non-hydrogen) atoms. The van der Waals surface area contributed by atoms with Gasteiger partial charge in [0.1, 0.15) is 16.9 Å². The zero-order valence-electron chi connectivity index (χ0n) is 16.8. The van der Waals surface area contributed by atoms with Crippen LogP contribution in [-0.2, 0) is 27.1 Å². The van der Waals surface area contributed by atoms with Crippen LogP contribution in [0.3, 0.4) is 0 Å². The third-order valence-corrected chi connectivity index (χ3v) is 4.73. The minimum absolute atomic E-state index is 0.00278. The highest BCUT2D eigenvalue weighted by atomic mass is 19.1. The van der Waals surface area contributed by atoms with Crippen LogP contribution >= 0.6 is 0 Å². The summed E-state index contributed by atoms with van der Waals surface area (Å²) in [5.74, 6) is -1.62. The Balaban J connectivity index is 2.05. The minimum Gasteiger partial charge on any atom is -0.505 e. The van der Waals surface area contributed by atoms with Gasteiger partial charge in [-0.1, -0.05) is 12.1 Å². The first-order valence-electron chi connectivity index (χ1n) is 9.54. The SMILES string of the molecule is CCOC(=O)c1cc(CCC(=O)OC)c2cc(Cc3ccc(F)cc3)cnc2c1O. The van der Waals surface area contributed by atoms with Gasteiger partial charge in [-0.3, -0.25) is 9.78 Å². The van der Waals surface area contributed by atoms with Crippen LogP contribution in [0.15, 0.2) is 42.6 Å². The molecule has 0 aliphatic rings. The van der Waals surface area contributed by atoms with E-state index in [2.05, 4.69) is 4.98 Å². The molecular formula is C23H22FNO5. The maximum atomic E-state index is 13.2. The fourth-order valence-electron chi connectivity index (χ4n) is 3.23. The largest absolute Gasteiger partial charge is 0.505 e. The molecule has 0 unspecified atom stereocenters. The number of phenols is 1. The van der Waals surface area contributed by atoms with Gasteiger partial charge in [0.25, 0.3) is 0 Å². The van der Waals surface area contributed by atoms with E-state index in [1.54, 1.807) is 25.3 Å². The quantitative estimate of drug-likeness (QED) is 0.593. The predicted octanol–water partition coefficient (Wildman–Crippen LogP) is 3.95. The van der Waals surface area contributed by atoms with Crippen molar-refractivity contribution in [2.75, 3.05) is 13.7 Å². The number of aromatic hydroxyl groups is 1. The number of methoxy groups -OCH3 is 1. The molecular weight excluding hydrogens is 389 g/mol. The van der Waals surface area contributed by atoms with Gasteiger partial charge >= 0.3 is 11.9 Å². The van der Waals surface area contributed by atoms with Crippen molar-refractivity contribution < 1.29 is 28.6 Å². The number of esters is 2. The lowest BCUT2D eigenvalue weighted by Gasteiger charge is -2.13. The van der Waals surface area contributed by atoms with E-state index in [9.17, 15) is 19.1 Å². The zero-order chi connectivity index (χ0) is 21.7. The van der Waals surface area contributed by atoms with E-state index in [-0.39, 0.29) is 41.6 Å². The first kappa shape index (κ1) is 21.2. The molecule has 3 aromatic rings. The van der Waals surface area contributed by atoms with E-state index in [1.807, 2.05) is 6.07 Å². The van der Waals surface area contributed by atoms with Crippen LogP contribution in [0.2, 0.25) is 0 Å². The van der Waals surface area contributed by atoms with Gasteiger partial charge in [-0.2, -0.15) is 0 Å². The predicted molar refractivity (Wildman–Crippen MR) is 109 cm³/mol. The normalized spacial score (nSPS) is 10.8. The number of benzene rings is 2. The fraction of sp³-hybridized carbons (Fsp3) is 0.261. The number of rotatable bonds is 7. The molecule has 0 amide bonds. The summed E-state index contributed by atoms with van der Waals surface area (Å²) in [4.78, 5) is 28.3. The Labute approximate surface area is 173 Å². The van der Waals surface area contributed by atoms with Crippen LogP contribution in [0.4, 0.5) is 4.39 Å².